The van der Waals surface area contributed by atoms with E-state index in [2.05, 4.69) is 22.2 Å². The van der Waals surface area contributed by atoms with Gasteiger partial charge in [-0.2, -0.15) is 0 Å². The average Bonchev–Trinajstić information content (AvgIpc) is 2.63. The fourth-order valence-electron chi connectivity index (χ4n) is 2.91. The number of piperazine rings is 1. The second kappa shape index (κ2) is 8.16. The molecule has 3 rings (SSSR count). The van der Waals surface area contributed by atoms with Crippen molar-refractivity contribution in [3.05, 3.63) is 52.0 Å². The molecule has 0 atom stereocenters. The molecule has 26 heavy (non-hydrogen) atoms. The van der Waals surface area contributed by atoms with E-state index >= 15 is 0 Å². The van der Waals surface area contributed by atoms with Crippen LogP contribution in [0.4, 0.5) is 11.4 Å². The van der Waals surface area contributed by atoms with Crippen molar-refractivity contribution < 1.29 is 9.53 Å². The molecule has 1 fully saturated rings. The minimum Gasteiger partial charge on any atom is -0.494 e. The first-order valence-electron chi connectivity index (χ1n) is 8.36. The van der Waals surface area contributed by atoms with Crippen LogP contribution in [0, 0.1) is 0 Å². The number of anilines is 2. The average molecular weight is 394 g/mol. The molecule has 2 aromatic rings. The summed E-state index contributed by atoms with van der Waals surface area (Å²) in [7, 11) is 3.61. The van der Waals surface area contributed by atoms with Crippen LogP contribution in [-0.4, -0.2) is 51.1 Å². The Kier molecular flexibility index (Phi) is 5.91. The number of hydrogen-bond donors (Lipinski definition) is 1. The molecule has 1 aliphatic rings. The van der Waals surface area contributed by atoms with Crippen LogP contribution in [0.1, 0.15) is 10.4 Å². The molecule has 0 radical (unpaired) electrons. The number of rotatable bonds is 4. The third-order valence-electron chi connectivity index (χ3n) is 4.46. The van der Waals surface area contributed by atoms with Gasteiger partial charge in [0.1, 0.15) is 0 Å². The Balaban J connectivity index is 1.68. The number of carbonyl (C=O) groups is 1. The lowest BCUT2D eigenvalue weighted by Gasteiger charge is -2.34. The van der Waals surface area contributed by atoms with Gasteiger partial charge in [-0.1, -0.05) is 23.2 Å². The summed E-state index contributed by atoms with van der Waals surface area (Å²) in [4.78, 5) is 17.1. The molecule has 5 nitrogen and oxygen atoms in total. The maximum absolute atomic E-state index is 12.5. The molecule has 0 aromatic heterocycles. The number of nitrogens with zero attached hydrogens (tertiary/aromatic N) is 2. The standard InChI is InChI=1S/C19H21Cl2N3O2/c1-23-7-9-24(10-8-23)15-5-3-14(4-6-15)22-19(25)13-11-16(20)18(26-2)17(21)12-13/h3-6,11-12H,7-10H2,1-2H3,(H,22,25). The number of methoxy groups -OCH3 is 1. The predicted molar refractivity (Wildman–Crippen MR) is 107 cm³/mol. The molecular weight excluding hydrogens is 373 g/mol. The van der Waals surface area contributed by atoms with Crippen LogP contribution in [0.25, 0.3) is 0 Å². The third-order valence-corrected chi connectivity index (χ3v) is 5.02. The van der Waals surface area contributed by atoms with Crippen molar-refractivity contribution in [2.45, 2.75) is 0 Å². The van der Waals surface area contributed by atoms with Gasteiger partial charge in [0.25, 0.3) is 5.91 Å². The number of ether oxygens (including phenoxy) is 1. The minimum atomic E-state index is -0.274. The first kappa shape index (κ1) is 18.8. The molecule has 0 bridgehead atoms. The SMILES string of the molecule is COc1c(Cl)cc(C(=O)Nc2ccc(N3CCN(C)CC3)cc2)cc1Cl. The van der Waals surface area contributed by atoms with E-state index < -0.39 is 0 Å². The minimum absolute atomic E-state index is 0.274. The highest BCUT2D eigenvalue weighted by Gasteiger charge is 2.16. The van der Waals surface area contributed by atoms with Crippen molar-refractivity contribution in [2.75, 3.05) is 50.6 Å². The largest absolute Gasteiger partial charge is 0.494 e. The molecule has 0 saturated carbocycles. The maximum Gasteiger partial charge on any atom is 0.255 e. The van der Waals surface area contributed by atoms with Crippen LogP contribution in [0.15, 0.2) is 36.4 Å². The zero-order chi connectivity index (χ0) is 18.7. The van der Waals surface area contributed by atoms with Crippen LogP contribution < -0.4 is 15.0 Å². The summed E-state index contributed by atoms with van der Waals surface area (Å²) in [6.07, 6.45) is 0. The normalized spacial score (nSPS) is 15.0. The molecule has 7 heteroatoms. The van der Waals surface area contributed by atoms with Crippen molar-refractivity contribution in [3.8, 4) is 5.75 Å². The van der Waals surface area contributed by atoms with E-state index in [1.165, 1.54) is 7.11 Å². The van der Waals surface area contributed by atoms with Crippen molar-refractivity contribution >= 4 is 40.5 Å². The lowest BCUT2D eigenvalue weighted by atomic mass is 10.2. The number of hydrogen-bond acceptors (Lipinski definition) is 4. The lowest BCUT2D eigenvalue weighted by molar-refractivity contribution is 0.102. The molecule has 1 amide bonds. The van der Waals surface area contributed by atoms with E-state index in [-0.39, 0.29) is 5.91 Å². The van der Waals surface area contributed by atoms with E-state index in [0.29, 0.717) is 21.4 Å². The first-order chi connectivity index (χ1) is 12.5. The quantitative estimate of drug-likeness (QED) is 0.852. The maximum atomic E-state index is 12.5. The molecule has 0 spiro atoms. The molecule has 1 N–H and O–H groups in total. The van der Waals surface area contributed by atoms with Crippen LogP contribution in [0.2, 0.25) is 10.0 Å². The number of nitrogens with one attached hydrogen (secondary N) is 1. The van der Waals surface area contributed by atoms with Gasteiger partial charge in [0.05, 0.1) is 17.2 Å². The highest BCUT2D eigenvalue weighted by atomic mass is 35.5. The van der Waals surface area contributed by atoms with Crippen molar-refractivity contribution in [3.63, 3.8) is 0 Å². The van der Waals surface area contributed by atoms with E-state index in [4.69, 9.17) is 27.9 Å². The molecule has 1 heterocycles. The fourth-order valence-corrected chi connectivity index (χ4v) is 3.55. The molecule has 1 saturated heterocycles. The molecule has 0 aliphatic carbocycles. The van der Waals surface area contributed by atoms with Gasteiger partial charge in [0.15, 0.2) is 5.75 Å². The molecule has 138 valence electrons. The third kappa shape index (κ3) is 4.23. The summed E-state index contributed by atoms with van der Waals surface area (Å²) in [5, 5.41) is 3.47. The van der Waals surface area contributed by atoms with Crippen molar-refractivity contribution in [1.29, 1.82) is 0 Å². The number of amides is 1. The van der Waals surface area contributed by atoms with Crippen LogP contribution in [0.5, 0.6) is 5.75 Å². The lowest BCUT2D eigenvalue weighted by Crippen LogP contribution is -2.44. The Morgan fingerprint density at radius 2 is 1.62 bits per heavy atom. The van der Waals surface area contributed by atoms with Crippen LogP contribution in [-0.2, 0) is 0 Å². The highest BCUT2D eigenvalue weighted by molar-refractivity contribution is 6.37. The van der Waals surface area contributed by atoms with Gasteiger partial charge >= 0.3 is 0 Å². The highest BCUT2D eigenvalue weighted by Crippen LogP contribution is 2.34. The smallest absolute Gasteiger partial charge is 0.255 e. The number of likely N-dealkylation sites (N-methyl/N-ethyl adjacent to an activating group) is 1. The van der Waals surface area contributed by atoms with Crippen LogP contribution >= 0.6 is 23.2 Å². The second-order valence-electron chi connectivity index (χ2n) is 6.26. The van der Waals surface area contributed by atoms with E-state index in [0.717, 1.165) is 37.6 Å². The van der Waals surface area contributed by atoms with Gasteiger partial charge in [-0.25, -0.2) is 0 Å². The van der Waals surface area contributed by atoms with Crippen molar-refractivity contribution in [2.24, 2.45) is 0 Å². The van der Waals surface area contributed by atoms with E-state index in [1.807, 2.05) is 24.3 Å². The Bertz CT molecular complexity index is 765. The van der Waals surface area contributed by atoms with E-state index in [9.17, 15) is 4.79 Å². The summed E-state index contributed by atoms with van der Waals surface area (Å²) in [5.74, 6) is 0.0882. The summed E-state index contributed by atoms with van der Waals surface area (Å²) in [6.45, 7) is 4.12. The zero-order valence-corrected chi connectivity index (χ0v) is 16.3. The van der Waals surface area contributed by atoms with Crippen LogP contribution in [0.3, 0.4) is 0 Å². The van der Waals surface area contributed by atoms with Gasteiger partial charge < -0.3 is 19.9 Å². The first-order valence-corrected chi connectivity index (χ1v) is 9.11. The molecule has 1 aliphatic heterocycles. The Labute approximate surface area is 163 Å². The van der Waals surface area contributed by atoms with Gasteiger partial charge in [0, 0.05) is 43.1 Å². The van der Waals surface area contributed by atoms with Gasteiger partial charge in [0.2, 0.25) is 0 Å². The van der Waals surface area contributed by atoms with E-state index in [1.54, 1.807) is 12.1 Å². The van der Waals surface area contributed by atoms with Gasteiger partial charge in [-0.15, -0.1) is 0 Å². The second-order valence-corrected chi connectivity index (χ2v) is 7.08. The van der Waals surface area contributed by atoms with Gasteiger partial charge in [-0.3, -0.25) is 4.79 Å². The topological polar surface area (TPSA) is 44.8 Å². The Morgan fingerprint density at radius 3 is 2.15 bits per heavy atom. The fraction of sp³-hybridized carbons (Fsp3) is 0.316. The zero-order valence-electron chi connectivity index (χ0n) is 14.8. The molecule has 2 aromatic carbocycles. The number of benzene rings is 2. The summed E-state index contributed by atoms with van der Waals surface area (Å²) < 4.78 is 5.10. The number of carbonyl (C=O) groups excluding carboxylic acids is 1. The monoisotopic (exact) mass is 393 g/mol. The molecular formula is C19H21Cl2N3O2. The summed E-state index contributed by atoms with van der Waals surface area (Å²) >= 11 is 12.2. The molecule has 0 unspecified atom stereocenters. The summed E-state index contributed by atoms with van der Waals surface area (Å²) in [5.41, 5.74) is 2.26. The predicted octanol–water partition coefficient (Wildman–Crippen LogP) is 4.01. The number of halogens is 2. The van der Waals surface area contributed by atoms with Crippen molar-refractivity contribution in [1.82, 2.24) is 4.90 Å². The Morgan fingerprint density at radius 1 is 1.04 bits per heavy atom. The van der Waals surface area contributed by atoms with Gasteiger partial charge in [-0.05, 0) is 43.4 Å². The summed E-state index contributed by atoms with van der Waals surface area (Å²) in [6, 6.07) is 10.9. The Hall–Kier alpha value is -1.95.